The molecule has 2 heterocycles. The lowest BCUT2D eigenvalue weighted by atomic mass is 10.0. The van der Waals surface area contributed by atoms with Gasteiger partial charge in [-0.25, -0.2) is 4.98 Å². The van der Waals surface area contributed by atoms with Crippen LogP contribution in [-0.4, -0.2) is 47.3 Å². The second-order valence-electron chi connectivity index (χ2n) is 6.85. The lowest BCUT2D eigenvalue weighted by molar-refractivity contribution is -0.119. The van der Waals surface area contributed by atoms with Gasteiger partial charge in [0.15, 0.2) is 0 Å². The molecular weight excluding hydrogens is 350 g/mol. The molecule has 0 saturated carbocycles. The first-order chi connectivity index (χ1) is 12.9. The fourth-order valence-electron chi connectivity index (χ4n) is 3.14. The fraction of sp³-hybridized carbons (Fsp3) is 0.421. The Bertz CT molecular complexity index is 868. The lowest BCUT2D eigenvalue weighted by Crippen LogP contribution is -2.36. The van der Waals surface area contributed by atoms with E-state index in [2.05, 4.69) is 10.3 Å². The molecule has 0 unspecified atom stereocenters. The van der Waals surface area contributed by atoms with Crippen LogP contribution in [0, 0.1) is 5.92 Å². The summed E-state index contributed by atoms with van der Waals surface area (Å²) in [6, 6.07) is 4.81. The smallest absolute Gasteiger partial charge is 0.252 e. The van der Waals surface area contributed by atoms with Crippen molar-refractivity contribution in [2.45, 2.75) is 32.4 Å². The Morgan fingerprint density at radius 1 is 1.44 bits per heavy atom. The molecule has 2 atom stereocenters. The van der Waals surface area contributed by atoms with E-state index >= 15 is 0 Å². The molecule has 3 rings (SSSR count). The number of nitrogens with one attached hydrogen (secondary N) is 1. The van der Waals surface area contributed by atoms with E-state index < -0.39 is 5.91 Å². The van der Waals surface area contributed by atoms with Crippen LogP contribution < -0.4 is 20.5 Å². The van der Waals surface area contributed by atoms with Crippen LogP contribution in [0.3, 0.4) is 0 Å². The van der Waals surface area contributed by atoms with E-state index in [9.17, 15) is 14.7 Å². The predicted molar refractivity (Wildman–Crippen MR) is 98.6 cm³/mol. The van der Waals surface area contributed by atoms with E-state index in [-0.39, 0.29) is 49.2 Å². The fourth-order valence-corrected chi connectivity index (χ4v) is 3.14. The summed E-state index contributed by atoms with van der Waals surface area (Å²) in [5, 5.41) is 13.6. The number of hydrogen-bond donors (Lipinski definition) is 3. The zero-order chi connectivity index (χ0) is 19.6. The van der Waals surface area contributed by atoms with Crippen molar-refractivity contribution in [1.82, 2.24) is 10.3 Å². The molecule has 1 saturated heterocycles. The molecule has 144 valence electrons. The van der Waals surface area contributed by atoms with Gasteiger partial charge in [-0.15, -0.1) is 0 Å². The number of pyridine rings is 1. The molecule has 0 spiro atoms. The van der Waals surface area contributed by atoms with E-state index in [1.54, 1.807) is 24.4 Å². The second-order valence-corrected chi connectivity index (χ2v) is 6.85. The molecule has 1 aliphatic heterocycles. The van der Waals surface area contributed by atoms with Gasteiger partial charge >= 0.3 is 0 Å². The summed E-state index contributed by atoms with van der Waals surface area (Å²) in [5.41, 5.74) is 5.76. The van der Waals surface area contributed by atoms with Gasteiger partial charge in [0, 0.05) is 30.5 Å². The number of rotatable bonds is 7. The number of aromatic nitrogens is 1. The number of fused-ring (bicyclic) bond motifs is 1. The standard InChI is InChI=1S/C19H23N3O5/c1-10(2)27-16-7-13-11(5-14(16)18(20)25)3-4-21-19(13)26-9-15-12(8-23)6-17(24)22-15/h3-5,7,10,12,15,23H,6,8-9H2,1-2H3,(H2,20,25)(H,22,24)/t12-,15-/m1/s1. The minimum absolute atomic E-state index is 0.0932. The average molecular weight is 373 g/mol. The highest BCUT2D eigenvalue weighted by molar-refractivity contribution is 6.01. The first-order valence-electron chi connectivity index (χ1n) is 8.81. The minimum atomic E-state index is -0.578. The van der Waals surface area contributed by atoms with Crippen molar-refractivity contribution in [2.75, 3.05) is 13.2 Å². The summed E-state index contributed by atoms with van der Waals surface area (Å²) in [7, 11) is 0. The van der Waals surface area contributed by atoms with Crippen LogP contribution in [0.1, 0.15) is 30.6 Å². The van der Waals surface area contributed by atoms with Gasteiger partial charge in [-0.2, -0.15) is 0 Å². The number of primary amides is 1. The van der Waals surface area contributed by atoms with Gasteiger partial charge < -0.3 is 25.6 Å². The van der Waals surface area contributed by atoms with Gasteiger partial charge in [-0.3, -0.25) is 9.59 Å². The molecule has 1 aliphatic rings. The van der Waals surface area contributed by atoms with E-state index in [0.29, 0.717) is 17.0 Å². The van der Waals surface area contributed by atoms with Crippen molar-refractivity contribution in [3.05, 3.63) is 30.0 Å². The van der Waals surface area contributed by atoms with E-state index in [0.717, 1.165) is 5.39 Å². The van der Waals surface area contributed by atoms with E-state index in [1.165, 1.54) is 0 Å². The third kappa shape index (κ3) is 4.11. The molecule has 0 aliphatic carbocycles. The number of nitrogens with zero attached hydrogens (tertiary/aromatic N) is 1. The molecule has 1 aromatic carbocycles. The third-order valence-electron chi connectivity index (χ3n) is 4.45. The van der Waals surface area contributed by atoms with Crippen LogP contribution in [-0.2, 0) is 4.79 Å². The zero-order valence-electron chi connectivity index (χ0n) is 15.3. The van der Waals surface area contributed by atoms with Gasteiger partial charge in [0.25, 0.3) is 5.91 Å². The highest BCUT2D eigenvalue weighted by atomic mass is 16.5. The molecule has 8 nitrogen and oxygen atoms in total. The second kappa shape index (κ2) is 7.79. The first kappa shape index (κ1) is 18.9. The Kier molecular flexibility index (Phi) is 5.46. The van der Waals surface area contributed by atoms with Crippen LogP contribution in [0.4, 0.5) is 0 Å². The summed E-state index contributed by atoms with van der Waals surface area (Å²) in [6.45, 7) is 3.80. The van der Waals surface area contributed by atoms with E-state index in [1.807, 2.05) is 13.8 Å². The molecular formula is C19H23N3O5. The number of carbonyl (C=O) groups excluding carboxylic acids is 2. The number of aliphatic hydroxyl groups is 1. The summed E-state index contributed by atoms with van der Waals surface area (Å²) >= 11 is 0. The average Bonchev–Trinajstić information content (AvgIpc) is 2.98. The Morgan fingerprint density at radius 2 is 2.22 bits per heavy atom. The zero-order valence-corrected chi connectivity index (χ0v) is 15.3. The normalized spacial score (nSPS) is 19.3. The van der Waals surface area contributed by atoms with Crippen molar-refractivity contribution in [3.8, 4) is 11.6 Å². The van der Waals surface area contributed by atoms with Crippen molar-refractivity contribution in [2.24, 2.45) is 11.7 Å². The molecule has 2 amide bonds. The van der Waals surface area contributed by atoms with Crippen LogP contribution in [0.25, 0.3) is 10.8 Å². The lowest BCUT2D eigenvalue weighted by Gasteiger charge is -2.18. The van der Waals surface area contributed by atoms with Crippen molar-refractivity contribution < 1.29 is 24.2 Å². The van der Waals surface area contributed by atoms with Crippen LogP contribution >= 0.6 is 0 Å². The maximum atomic E-state index is 11.8. The van der Waals surface area contributed by atoms with Crippen LogP contribution in [0.5, 0.6) is 11.6 Å². The summed E-state index contributed by atoms with van der Waals surface area (Å²) in [6.07, 6.45) is 1.71. The Hall–Kier alpha value is -2.87. The van der Waals surface area contributed by atoms with Crippen LogP contribution in [0.15, 0.2) is 24.4 Å². The first-order valence-corrected chi connectivity index (χ1v) is 8.81. The van der Waals surface area contributed by atoms with Crippen LogP contribution in [0.2, 0.25) is 0 Å². The number of nitrogens with two attached hydrogens (primary N) is 1. The minimum Gasteiger partial charge on any atom is -0.490 e. The number of ether oxygens (including phenoxy) is 2. The molecule has 2 aromatic rings. The predicted octanol–water partition coefficient (Wildman–Crippen LogP) is 0.997. The van der Waals surface area contributed by atoms with Gasteiger partial charge in [0.1, 0.15) is 12.4 Å². The topological polar surface area (TPSA) is 124 Å². The molecule has 1 fully saturated rings. The van der Waals surface area contributed by atoms with Gasteiger partial charge in [0.2, 0.25) is 11.8 Å². The Morgan fingerprint density at radius 3 is 2.89 bits per heavy atom. The largest absolute Gasteiger partial charge is 0.490 e. The highest BCUT2D eigenvalue weighted by Gasteiger charge is 2.32. The molecule has 0 bridgehead atoms. The summed E-state index contributed by atoms with van der Waals surface area (Å²) in [4.78, 5) is 27.6. The maximum absolute atomic E-state index is 11.8. The Balaban J connectivity index is 1.91. The third-order valence-corrected chi connectivity index (χ3v) is 4.45. The molecule has 1 aromatic heterocycles. The number of amides is 2. The molecule has 0 radical (unpaired) electrons. The highest BCUT2D eigenvalue weighted by Crippen LogP contribution is 2.31. The SMILES string of the molecule is CC(C)Oc1cc2c(OC[C@H]3NC(=O)C[C@@H]3CO)nccc2cc1C(N)=O. The number of benzene rings is 1. The van der Waals surface area contributed by atoms with Gasteiger partial charge in [-0.05, 0) is 37.4 Å². The monoisotopic (exact) mass is 373 g/mol. The summed E-state index contributed by atoms with van der Waals surface area (Å²) < 4.78 is 11.6. The Labute approximate surface area is 156 Å². The van der Waals surface area contributed by atoms with Crippen molar-refractivity contribution >= 4 is 22.6 Å². The number of hydrogen-bond acceptors (Lipinski definition) is 6. The quantitative estimate of drug-likeness (QED) is 0.665. The van der Waals surface area contributed by atoms with Gasteiger partial charge in [0.05, 0.1) is 17.7 Å². The summed E-state index contributed by atoms with van der Waals surface area (Å²) in [5.74, 6) is -0.146. The molecule has 4 N–H and O–H groups in total. The van der Waals surface area contributed by atoms with Crippen molar-refractivity contribution in [1.29, 1.82) is 0 Å². The number of aliphatic hydroxyl groups excluding tert-OH is 1. The number of carbonyl (C=O) groups is 2. The van der Waals surface area contributed by atoms with Crippen molar-refractivity contribution in [3.63, 3.8) is 0 Å². The van der Waals surface area contributed by atoms with E-state index in [4.69, 9.17) is 15.2 Å². The maximum Gasteiger partial charge on any atom is 0.252 e. The van der Waals surface area contributed by atoms with Gasteiger partial charge in [-0.1, -0.05) is 0 Å². The molecule has 27 heavy (non-hydrogen) atoms. The molecule has 8 heteroatoms.